The Morgan fingerprint density at radius 2 is 1.93 bits per heavy atom. The molecule has 5 nitrogen and oxygen atoms in total. The van der Waals surface area contributed by atoms with Gasteiger partial charge in [0.25, 0.3) is 0 Å². The van der Waals surface area contributed by atoms with Crippen molar-refractivity contribution in [3.8, 4) is 17.0 Å². The van der Waals surface area contributed by atoms with Crippen LogP contribution in [0, 0.1) is 0 Å². The summed E-state index contributed by atoms with van der Waals surface area (Å²) in [5.41, 5.74) is 2.24. The number of hydrogen-bond donors (Lipinski definition) is 0. The van der Waals surface area contributed by atoms with Crippen LogP contribution in [0.25, 0.3) is 22.4 Å². The summed E-state index contributed by atoms with van der Waals surface area (Å²) in [6, 6.07) is 3.78. The van der Waals surface area contributed by atoms with Crippen molar-refractivity contribution in [3.63, 3.8) is 0 Å². The largest absolute Gasteiger partial charge is 0.573 e. The summed E-state index contributed by atoms with van der Waals surface area (Å²) in [6.45, 7) is 4.96. The van der Waals surface area contributed by atoms with Gasteiger partial charge in [0, 0.05) is 18.5 Å². The maximum Gasteiger partial charge on any atom is 0.573 e. The van der Waals surface area contributed by atoms with Crippen molar-refractivity contribution < 1.29 is 17.9 Å². The topological polar surface area (TPSA) is 52.8 Å². The third-order valence-corrected chi connectivity index (χ3v) is 4.65. The van der Waals surface area contributed by atoms with E-state index in [0.717, 1.165) is 44.1 Å². The van der Waals surface area contributed by atoms with Crippen molar-refractivity contribution >= 4 is 22.8 Å². The minimum Gasteiger partial charge on any atom is -0.406 e. The first-order valence-corrected chi connectivity index (χ1v) is 9.47. The smallest absolute Gasteiger partial charge is 0.406 e. The van der Waals surface area contributed by atoms with Gasteiger partial charge in [0.2, 0.25) is 0 Å². The van der Waals surface area contributed by atoms with Crippen molar-refractivity contribution in [2.24, 2.45) is 0 Å². The number of unbranched alkanes of at least 4 members (excludes halogenated alkanes) is 2. The zero-order chi connectivity index (χ0) is 20.3. The molecule has 0 amide bonds. The van der Waals surface area contributed by atoms with E-state index in [-0.39, 0.29) is 10.8 Å². The van der Waals surface area contributed by atoms with Gasteiger partial charge in [-0.1, -0.05) is 38.3 Å². The van der Waals surface area contributed by atoms with Crippen molar-refractivity contribution in [1.29, 1.82) is 0 Å². The zero-order valence-corrected chi connectivity index (χ0v) is 16.3. The summed E-state index contributed by atoms with van der Waals surface area (Å²) in [4.78, 5) is 13.4. The van der Waals surface area contributed by atoms with Crippen molar-refractivity contribution in [2.45, 2.75) is 52.4 Å². The summed E-state index contributed by atoms with van der Waals surface area (Å²) >= 11 is 6.23. The van der Waals surface area contributed by atoms with Gasteiger partial charge in [0.15, 0.2) is 5.65 Å². The second-order valence-electron chi connectivity index (χ2n) is 6.32. The fourth-order valence-electron chi connectivity index (χ4n) is 3.09. The molecule has 0 saturated carbocycles. The molecule has 3 rings (SSSR count). The number of fused-ring (bicyclic) bond motifs is 1. The molecule has 0 unspecified atom stereocenters. The van der Waals surface area contributed by atoms with E-state index < -0.39 is 6.36 Å². The Balaban J connectivity index is 2.04. The van der Waals surface area contributed by atoms with Crippen LogP contribution in [0.4, 0.5) is 13.2 Å². The Bertz CT molecular complexity index is 972. The molecular weight excluding hydrogens is 393 g/mol. The fraction of sp³-hybridized carbons (Fsp3) is 0.421. The molecule has 0 radical (unpaired) electrons. The summed E-state index contributed by atoms with van der Waals surface area (Å²) in [7, 11) is 0. The van der Waals surface area contributed by atoms with Crippen molar-refractivity contribution in [3.05, 3.63) is 35.4 Å². The number of benzene rings is 1. The van der Waals surface area contributed by atoms with Crippen LogP contribution in [-0.2, 0) is 13.0 Å². The number of rotatable bonds is 7. The molecule has 2 heterocycles. The molecule has 0 aliphatic rings. The predicted octanol–water partition coefficient (Wildman–Crippen LogP) is 5.80. The van der Waals surface area contributed by atoms with Crippen molar-refractivity contribution in [2.75, 3.05) is 0 Å². The van der Waals surface area contributed by atoms with Gasteiger partial charge in [-0.05, 0) is 24.6 Å². The SMILES string of the molecule is CCCCCn1c(CC)nc2c(-c3ccc(OC(F)(F)F)cc3Cl)ncnc21. The minimum atomic E-state index is -4.78. The molecule has 0 atom stereocenters. The van der Waals surface area contributed by atoms with E-state index in [1.165, 1.54) is 18.5 Å². The van der Waals surface area contributed by atoms with E-state index in [1.807, 2.05) is 6.92 Å². The van der Waals surface area contributed by atoms with Crippen molar-refractivity contribution in [1.82, 2.24) is 19.5 Å². The molecule has 1 aromatic carbocycles. The fourth-order valence-corrected chi connectivity index (χ4v) is 3.35. The first-order chi connectivity index (χ1) is 13.3. The molecule has 150 valence electrons. The first kappa shape index (κ1) is 20.4. The highest BCUT2D eigenvalue weighted by atomic mass is 35.5. The van der Waals surface area contributed by atoms with Crippen LogP contribution >= 0.6 is 11.6 Å². The van der Waals surface area contributed by atoms with Crippen LogP contribution in [0.5, 0.6) is 5.75 Å². The molecular formula is C19H20ClF3N4O. The van der Waals surface area contributed by atoms with Crippen LogP contribution in [0.2, 0.25) is 5.02 Å². The molecule has 0 aliphatic carbocycles. The van der Waals surface area contributed by atoms with Crippen LogP contribution < -0.4 is 4.74 Å². The number of imidazole rings is 1. The number of alkyl halides is 3. The molecule has 2 aromatic heterocycles. The Labute approximate surface area is 165 Å². The second kappa shape index (κ2) is 8.34. The molecule has 28 heavy (non-hydrogen) atoms. The molecule has 9 heteroatoms. The Kier molecular flexibility index (Phi) is 6.07. The number of nitrogens with zero attached hydrogens (tertiary/aromatic N) is 4. The minimum absolute atomic E-state index is 0.0975. The average Bonchev–Trinajstić information content (AvgIpc) is 2.99. The summed E-state index contributed by atoms with van der Waals surface area (Å²) in [5.74, 6) is 0.506. The van der Waals surface area contributed by atoms with Crippen LogP contribution in [0.1, 0.15) is 38.9 Å². The highest BCUT2D eigenvalue weighted by molar-refractivity contribution is 6.33. The van der Waals surface area contributed by atoms with Gasteiger partial charge in [-0.2, -0.15) is 0 Å². The lowest BCUT2D eigenvalue weighted by Crippen LogP contribution is -2.17. The lowest BCUT2D eigenvalue weighted by atomic mass is 10.1. The Morgan fingerprint density at radius 3 is 2.57 bits per heavy atom. The highest BCUT2D eigenvalue weighted by Crippen LogP contribution is 2.35. The van der Waals surface area contributed by atoms with Gasteiger partial charge in [-0.15, -0.1) is 13.2 Å². The third kappa shape index (κ3) is 4.38. The van der Waals surface area contributed by atoms with Gasteiger partial charge < -0.3 is 9.30 Å². The standard InChI is InChI=1S/C19H20ClF3N4O/c1-3-5-6-9-27-15(4-2)26-17-16(24-11-25-18(17)27)13-8-7-12(10-14(13)20)28-19(21,22)23/h7-8,10-11H,3-6,9H2,1-2H3. The lowest BCUT2D eigenvalue weighted by molar-refractivity contribution is -0.274. The maximum atomic E-state index is 12.4. The van der Waals surface area contributed by atoms with E-state index in [1.54, 1.807) is 0 Å². The van der Waals surface area contributed by atoms with Crippen LogP contribution in [0.3, 0.4) is 0 Å². The molecule has 0 spiro atoms. The van der Waals surface area contributed by atoms with Gasteiger partial charge in [-0.25, -0.2) is 15.0 Å². The number of aryl methyl sites for hydroxylation is 2. The maximum absolute atomic E-state index is 12.4. The number of hydrogen-bond acceptors (Lipinski definition) is 4. The van der Waals surface area contributed by atoms with Gasteiger partial charge in [0.1, 0.15) is 29.1 Å². The monoisotopic (exact) mass is 412 g/mol. The molecule has 0 N–H and O–H groups in total. The normalized spacial score (nSPS) is 11.9. The zero-order valence-electron chi connectivity index (χ0n) is 15.6. The number of aromatic nitrogens is 4. The van der Waals surface area contributed by atoms with E-state index in [0.29, 0.717) is 22.4 Å². The van der Waals surface area contributed by atoms with E-state index in [2.05, 4.69) is 31.2 Å². The molecule has 0 saturated heterocycles. The number of ether oxygens (including phenoxy) is 1. The third-order valence-electron chi connectivity index (χ3n) is 4.34. The molecule has 3 aromatic rings. The molecule has 0 aliphatic heterocycles. The Morgan fingerprint density at radius 1 is 1.14 bits per heavy atom. The average molecular weight is 413 g/mol. The summed E-state index contributed by atoms with van der Waals surface area (Å²) in [6.07, 6.45) is 0.599. The highest BCUT2D eigenvalue weighted by Gasteiger charge is 2.31. The van der Waals surface area contributed by atoms with Gasteiger partial charge in [0.05, 0.1) is 5.02 Å². The second-order valence-corrected chi connectivity index (χ2v) is 6.73. The molecule has 0 bridgehead atoms. The number of halogens is 4. The molecule has 0 fully saturated rings. The lowest BCUT2D eigenvalue weighted by Gasteiger charge is -2.11. The van der Waals surface area contributed by atoms with E-state index in [4.69, 9.17) is 11.6 Å². The summed E-state index contributed by atoms with van der Waals surface area (Å²) in [5, 5.41) is 0.0975. The van der Waals surface area contributed by atoms with E-state index >= 15 is 0 Å². The predicted molar refractivity (Wildman–Crippen MR) is 101 cm³/mol. The summed E-state index contributed by atoms with van der Waals surface area (Å²) < 4.78 is 43.3. The van der Waals surface area contributed by atoms with Crippen LogP contribution in [-0.4, -0.2) is 25.9 Å². The van der Waals surface area contributed by atoms with Crippen LogP contribution in [0.15, 0.2) is 24.5 Å². The Hall–Kier alpha value is -2.35. The quantitative estimate of drug-likeness (QED) is 0.460. The van der Waals surface area contributed by atoms with Gasteiger partial charge >= 0.3 is 6.36 Å². The van der Waals surface area contributed by atoms with E-state index in [9.17, 15) is 13.2 Å². The van der Waals surface area contributed by atoms with Gasteiger partial charge in [-0.3, -0.25) is 0 Å². The first-order valence-electron chi connectivity index (χ1n) is 9.09.